The van der Waals surface area contributed by atoms with Crippen molar-refractivity contribution in [3.8, 4) is 0 Å². The summed E-state index contributed by atoms with van der Waals surface area (Å²) in [5, 5.41) is 1.64. The van der Waals surface area contributed by atoms with Crippen molar-refractivity contribution >= 4 is 5.91 Å². The second-order valence-electron chi connectivity index (χ2n) is 2.49. The standard InChI is InChI=1S/C7H14N2O2/c1-8-6-7(10)9-2-4-11-5-3-9/h1-6,8H2. The van der Waals surface area contributed by atoms with Crippen LogP contribution in [0.3, 0.4) is 0 Å². The minimum Gasteiger partial charge on any atom is -0.471 e. The van der Waals surface area contributed by atoms with E-state index >= 15 is 0 Å². The number of morpholine rings is 1. The Morgan fingerprint density at radius 2 is 2.18 bits per heavy atom. The lowest BCUT2D eigenvalue weighted by atomic mass is 10.4. The first-order valence-electron chi connectivity index (χ1n) is 3.81. The van der Waals surface area contributed by atoms with Crippen molar-refractivity contribution in [2.75, 3.05) is 32.8 Å². The van der Waals surface area contributed by atoms with Gasteiger partial charge in [-0.3, -0.25) is 4.79 Å². The average molecular weight is 158 g/mol. The Balaban J connectivity index is 2.27. The zero-order valence-corrected chi connectivity index (χ0v) is 6.58. The monoisotopic (exact) mass is 158 g/mol. The smallest absolute Gasteiger partial charge is 0.275 e. The van der Waals surface area contributed by atoms with Gasteiger partial charge in [-0.15, -0.1) is 0 Å². The van der Waals surface area contributed by atoms with E-state index in [1.807, 2.05) is 4.90 Å². The number of hydrogen-bond donors (Lipinski definition) is 1. The molecule has 0 unspecified atom stereocenters. The first-order valence-corrected chi connectivity index (χ1v) is 3.81. The maximum atomic E-state index is 11.2. The van der Waals surface area contributed by atoms with Crippen LogP contribution in [-0.4, -0.2) is 43.7 Å². The number of ether oxygens (including phenoxy) is 1. The maximum Gasteiger partial charge on any atom is 0.275 e. The summed E-state index contributed by atoms with van der Waals surface area (Å²) in [5.41, 5.74) is 0. The average Bonchev–Trinajstić information content (AvgIpc) is 2.07. The van der Waals surface area contributed by atoms with E-state index in [1.54, 1.807) is 5.32 Å². The van der Waals surface area contributed by atoms with Crippen LogP contribution in [0.1, 0.15) is 0 Å². The predicted octanol–water partition coefficient (Wildman–Crippen LogP) is -1.80. The Labute approximate surface area is 66.5 Å². The van der Waals surface area contributed by atoms with Gasteiger partial charge in [0.05, 0.1) is 13.2 Å². The number of carbonyl (C=O) groups is 1. The molecule has 1 rings (SSSR count). The zero-order valence-electron chi connectivity index (χ0n) is 6.58. The van der Waals surface area contributed by atoms with Crippen LogP contribution in [0.25, 0.3) is 0 Å². The van der Waals surface area contributed by atoms with Crippen molar-refractivity contribution in [2.45, 2.75) is 0 Å². The SMILES string of the molecule is [CH2-][NH2+]CC(=O)N1CCOCC1. The Morgan fingerprint density at radius 1 is 1.55 bits per heavy atom. The molecule has 1 fully saturated rings. The second kappa shape index (κ2) is 4.31. The molecule has 0 radical (unpaired) electrons. The topological polar surface area (TPSA) is 46.2 Å². The minimum absolute atomic E-state index is 0.156. The second-order valence-corrected chi connectivity index (χ2v) is 2.49. The van der Waals surface area contributed by atoms with E-state index in [4.69, 9.17) is 4.74 Å². The molecule has 0 bridgehead atoms. The summed E-state index contributed by atoms with van der Waals surface area (Å²) in [6.45, 7) is 3.24. The molecule has 0 aromatic heterocycles. The van der Waals surface area contributed by atoms with Gasteiger partial charge in [-0.2, -0.15) is 7.05 Å². The number of carbonyl (C=O) groups excluding carboxylic acids is 1. The molecular weight excluding hydrogens is 144 g/mol. The van der Waals surface area contributed by atoms with Crippen molar-refractivity contribution in [1.29, 1.82) is 0 Å². The highest BCUT2D eigenvalue weighted by atomic mass is 16.5. The number of quaternary nitrogens is 1. The number of hydrogen-bond acceptors (Lipinski definition) is 2. The minimum atomic E-state index is 0.156. The molecule has 1 heterocycles. The molecule has 1 aliphatic heterocycles. The third kappa shape index (κ3) is 2.48. The van der Waals surface area contributed by atoms with Crippen LogP contribution < -0.4 is 5.32 Å². The van der Waals surface area contributed by atoms with Crippen LogP contribution in [0.4, 0.5) is 0 Å². The Morgan fingerprint density at radius 3 is 2.73 bits per heavy atom. The normalized spacial score (nSPS) is 18.5. The molecule has 0 atom stereocenters. The highest BCUT2D eigenvalue weighted by molar-refractivity contribution is 5.77. The summed E-state index contributed by atoms with van der Waals surface area (Å²) in [4.78, 5) is 13.0. The highest BCUT2D eigenvalue weighted by Crippen LogP contribution is 1.95. The van der Waals surface area contributed by atoms with Gasteiger partial charge in [0.2, 0.25) is 0 Å². The van der Waals surface area contributed by atoms with Gasteiger partial charge in [-0.05, 0) is 0 Å². The highest BCUT2D eigenvalue weighted by Gasteiger charge is 2.15. The molecule has 2 N–H and O–H groups in total. The summed E-state index contributed by atoms with van der Waals surface area (Å²) in [6.07, 6.45) is 0. The maximum absolute atomic E-state index is 11.2. The van der Waals surface area contributed by atoms with Crippen LogP contribution in [0, 0.1) is 7.05 Å². The Bertz CT molecular complexity index is 132. The first kappa shape index (κ1) is 8.49. The van der Waals surface area contributed by atoms with Gasteiger partial charge < -0.3 is 15.0 Å². The molecule has 0 aromatic carbocycles. The van der Waals surface area contributed by atoms with Gasteiger partial charge in [0.1, 0.15) is 6.54 Å². The quantitative estimate of drug-likeness (QED) is 0.482. The molecule has 0 spiro atoms. The summed E-state index contributed by atoms with van der Waals surface area (Å²) in [7, 11) is 3.52. The van der Waals surface area contributed by atoms with E-state index in [1.165, 1.54) is 0 Å². The lowest BCUT2D eigenvalue weighted by Gasteiger charge is -2.26. The third-order valence-electron chi connectivity index (χ3n) is 1.68. The van der Waals surface area contributed by atoms with Crippen LogP contribution in [0.5, 0.6) is 0 Å². The number of rotatable bonds is 2. The fourth-order valence-corrected chi connectivity index (χ4v) is 1.07. The van der Waals surface area contributed by atoms with Crippen LogP contribution in [0.15, 0.2) is 0 Å². The third-order valence-corrected chi connectivity index (χ3v) is 1.68. The first-order chi connectivity index (χ1) is 5.34. The molecule has 64 valence electrons. The lowest BCUT2D eigenvalue weighted by Crippen LogP contribution is -2.80. The van der Waals surface area contributed by atoms with E-state index in [2.05, 4.69) is 7.05 Å². The molecule has 1 aliphatic rings. The van der Waals surface area contributed by atoms with Crippen LogP contribution in [0.2, 0.25) is 0 Å². The van der Waals surface area contributed by atoms with Gasteiger partial charge in [-0.25, -0.2) is 0 Å². The molecule has 0 saturated carbocycles. The Hall–Kier alpha value is -0.610. The molecule has 4 nitrogen and oxygen atoms in total. The lowest BCUT2D eigenvalue weighted by molar-refractivity contribution is -0.584. The Kier molecular flexibility index (Phi) is 3.32. The fourth-order valence-electron chi connectivity index (χ4n) is 1.07. The van der Waals surface area contributed by atoms with Gasteiger partial charge in [0.25, 0.3) is 5.91 Å². The molecule has 0 aromatic rings. The molecule has 1 amide bonds. The molecule has 11 heavy (non-hydrogen) atoms. The largest absolute Gasteiger partial charge is 0.471 e. The predicted molar refractivity (Wildman–Crippen MR) is 39.5 cm³/mol. The van der Waals surface area contributed by atoms with Crippen molar-refractivity contribution < 1.29 is 14.8 Å². The van der Waals surface area contributed by atoms with E-state index < -0.39 is 0 Å². The van der Waals surface area contributed by atoms with Gasteiger partial charge in [0, 0.05) is 13.1 Å². The number of amides is 1. The molecule has 1 saturated heterocycles. The van der Waals surface area contributed by atoms with E-state index in [9.17, 15) is 4.79 Å². The van der Waals surface area contributed by atoms with Crippen LogP contribution >= 0.6 is 0 Å². The molecular formula is C7H14N2O2. The summed E-state index contributed by atoms with van der Waals surface area (Å²) in [6, 6.07) is 0. The van der Waals surface area contributed by atoms with Gasteiger partial charge in [0.15, 0.2) is 0 Å². The molecule has 0 aliphatic carbocycles. The summed E-state index contributed by atoms with van der Waals surface area (Å²) in [5.74, 6) is 0.156. The van der Waals surface area contributed by atoms with Crippen molar-refractivity contribution in [3.63, 3.8) is 0 Å². The van der Waals surface area contributed by atoms with Gasteiger partial charge >= 0.3 is 0 Å². The van der Waals surface area contributed by atoms with Crippen molar-refractivity contribution in [1.82, 2.24) is 4.90 Å². The van der Waals surface area contributed by atoms with Crippen LogP contribution in [-0.2, 0) is 9.53 Å². The summed E-state index contributed by atoms with van der Waals surface area (Å²) < 4.78 is 5.11. The summed E-state index contributed by atoms with van der Waals surface area (Å²) >= 11 is 0. The van der Waals surface area contributed by atoms with E-state index in [0.717, 1.165) is 13.1 Å². The fraction of sp³-hybridized carbons (Fsp3) is 0.714. The number of nitrogens with two attached hydrogens (primary N) is 1. The van der Waals surface area contributed by atoms with Crippen molar-refractivity contribution in [3.05, 3.63) is 7.05 Å². The van der Waals surface area contributed by atoms with E-state index in [-0.39, 0.29) is 5.91 Å². The number of nitrogens with zero attached hydrogens (tertiary/aromatic N) is 1. The van der Waals surface area contributed by atoms with Crippen molar-refractivity contribution in [2.24, 2.45) is 0 Å². The van der Waals surface area contributed by atoms with E-state index in [0.29, 0.717) is 19.8 Å². The molecule has 4 heteroatoms. The van der Waals surface area contributed by atoms with Gasteiger partial charge in [-0.1, -0.05) is 0 Å². The zero-order chi connectivity index (χ0) is 8.10.